The van der Waals surface area contributed by atoms with Crippen LogP contribution in [0.15, 0.2) is 206 Å². The molecule has 12 aromatic carbocycles. The van der Waals surface area contributed by atoms with Crippen molar-refractivity contribution in [3.8, 4) is 47.3 Å². The normalized spacial score (nSPS) is 10.9. The number of ether oxygens (including phenoxy) is 2. The van der Waals surface area contributed by atoms with Crippen LogP contribution in [0.2, 0.25) is 0 Å². The third-order valence-corrected chi connectivity index (χ3v) is 19.0. The first-order valence-corrected chi connectivity index (χ1v) is 33.6. The van der Waals surface area contributed by atoms with Crippen molar-refractivity contribution >= 4 is 188 Å². The van der Waals surface area contributed by atoms with Gasteiger partial charge in [0.2, 0.25) is 0 Å². The standard InChI is InChI=1S/C42H18N8O.C42H16N8O.2C2H4O2.2Pd/c2*1-45-35-19-30-28-14-12-26(18-32(28)42-48-34-8-4-6-10-38(34)50(42)40(30)20-36(35)46-2)51-25-11-13-27-29-15-23(21-43)24(22-44)16-39(29)49-37-9-5-3-7-33(37)47-41(49)31(27)17-25;2*1-2(3)4;;/h3-20H;3-16,19-20H;2*1H3,(H,3,4);;/q;-2;;;;+2. The molecule has 0 amide bonds. The molecule has 0 aliphatic heterocycles. The molecule has 0 aliphatic rings. The van der Waals surface area contributed by atoms with Crippen LogP contribution in [0.4, 0.5) is 22.7 Å². The Morgan fingerprint density at radius 2 is 0.643 bits per heavy atom. The SMILES string of the molecule is CC(=O)O.CC(=O)O.[C-]#[N+]c1cc2c3ccc(Oc4[c-]c5c(cc4)c4cc(C#N)c(C#N)cc4n4c6ccccc6nc54)[c-]c3c3nc4ccccc4n3c2cc1[N+]#[C-].[C-]#[N+]c1cc2c3ccc(Oc4ccc5c6cc(C#N)c(C#N)cc6n6c7ccccc7nc6c5c4)cc3c3nc4ccccc4n3c2cc1[N+]#[C-].[Pd+2].[Pd]. The first-order chi connectivity index (χ1) is 53.6. The molecule has 0 saturated heterocycles. The number of benzene rings is 12. The summed E-state index contributed by atoms with van der Waals surface area (Å²) in [4.78, 5) is 52.5. The summed E-state index contributed by atoms with van der Waals surface area (Å²) < 4.78 is 21.1. The molecule has 22 nitrogen and oxygen atoms in total. The average molecular weight is 1630 g/mol. The fraction of sp³-hybridized carbons (Fsp3) is 0.0227. The van der Waals surface area contributed by atoms with Gasteiger partial charge in [-0.2, -0.15) is 21.0 Å². The van der Waals surface area contributed by atoms with Crippen LogP contribution >= 0.6 is 0 Å². The smallest absolute Gasteiger partial charge is 0.497 e. The molecule has 0 atom stereocenters. The van der Waals surface area contributed by atoms with E-state index >= 15 is 0 Å². The summed E-state index contributed by atoms with van der Waals surface area (Å²) in [5.74, 6) is 0.383. The van der Waals surface area contributed by atoms with Gasteiger partial charge in [-0.1, -0.05) is 112 Å². The summed E-state index contributed by atoms with van der Waals surface area (Å²) in [7, 11) is 0. The fourth-order valence-electron chi connectivity index (χ4n) is 14.6. The minimum Gasteiger partial charge on any atom is -0.497 e. The van der Waals surface area contributed by atoms with E-state index in [0.29, 0.717) is 84.3 Å². The number of imidazole rings is 4. The van der Waals surface area contributed by atoms with Gasteiger partial charge in [0.1, 0.15) is 47.1 Å². The number of carbonyl (C=O) groups is 2. The van der Waals surface area contributed by atoms with Gasteiger partial charge in [-0.3, -0.25) is 47.7 Å². The molecule has 0 bridgehead atoms. The van der Waals surface area contributed by atoms with Gasteiger partial charge < -0.3 is 28.5 Å². The van der Waals surface area contributed by atoms with Crippen molar-refractivity contribution in [3.05, 3.63) is 286 Å². The van der Waals surface area contributed by atoms with E-state index in [-0.39, 0.29) is 52.2 Å². The summed E-state index contributed by atoms with van der Waals surface area (Å²) in [6.07, 6.45) is 0. The van der Waals surface area contributed by atoms with Crippen molar-refractivity contribution < 1.29 is 70.1 Å². The molecule has 20 aromatic rings. The summed E-state index contributed by atoms with van der Waals surface area (Å²) in [6, 6.07) is 80.1. The maximum absolute atomic E-state index is 9.85. The second-order valence-corrected chi connectivity index (χ2v) is 25.4. The Kier molecular flexibility index (Phi) is 18.3. The van der Waals surface area contributed by atoms with E-state index in [1.54, 1.807) is 48.5 Å². The number of para-hydroxylation sites is 8. The average Bonchev–Trinajstić information content (AvgIpc) is 1.52. The Bertz CT molecular complexity index is 7050. The quantitative estimate of drug-likeness (QED) is 0.0942. The Morgan fingerprint density at radius 1 is 0.357 bits per heavy atom. The number of pyridine rings is 4. The molecule has 20 rings (SSSR count). The number of aromatic nitrogens is 8. The maximum atomic E-state index is 9.85. The third-order valence-electron chi connectivity index (χ3n) is 19.0. The van der Waals surface area contributed by atoms with Crippen LogP contribution in [0.5, 0.6) is 23.0 Å². The van der Waals surface area contributed by atoms with Crippen molar-refractivity contribution in [3.63, 3.8) is 0 Å². The van der Waals surface area contributed by atoms with E-state index < -0.39 is 11.9 Å². The number of hydrogen-bond acceptors (Lipinski definition) is 12. The predicted molar refractivity (Wildman–Crippen MR) is 419 cm³/mol. The van der Waals surface area contributed by atoms with E-state index in [2.05, 4.69) is 55.8 Å². The van der Waals surface area contributed by atoms with Gasteiger partial charge in [0, 0.05) is 78.5 Å². The molecule has 24 heteroatoms. The number of nitriles is 4. The number of carboxylic acids is 2. The minimum absolute atomic E-state index is 0. The Labute approximate surface area is 659 Å². The zero-order valence-corrected chi connectivity index (χ0v) is 61.1. The number of nitrogens with zero attached hydrogens (tertiary/aromatic N) is 16. The van der Waals surface area contributed by atoms with Crippen LogP contribution in [-0.2, 0) is 50.4 Å². The van der Waals surface area contributed by atoms with Crippen molar-refractivity contribution in [1.82, 2.24) is 37.5 Å². The molecule has 0 spiro atoms. The van der Waals surface area contributed by atoms with Gasteiger partial charge in [0.05, 0.1) is 109 Å². The fourth-order valence-corrected chi connectivity index (χ4v) is 14.6. The summed E-state index contributed by atoms with van der Waals surface area (Å²) in [6.45, 7) is 33.0. The molecule has 8 heterocycles. The van der Waals surface area contributed by atoms with E-state index in [0.717, 1.165) is 140 Å². The number of fused-ring (bicyclic) bond motifs is 32. The molecular weight excluding hydrogens is 1590 g/mol. The van der Waals surface area contributed by atoms with E-state index in [1.165, 1.54) is 0 Å². The van der Waals surface area contributed by atoms with Crippen LogP contribution in [0, 0.1) is 83.7 Å². The summed E-state index contributed by atoms with van der Waals surface area (Å²) >= 11 is 0. The van der Waals surface area contributed by atoms with Gasteiger partial charge in [0.15, 0.2) is 22.7 Å². The summed E-state index contributed by atoms with van der Waals surface area (Å²) in [5.41, 5.74) is 15.0. The monoisotopic (exact) mass is 1630 g/mol. The number of carboxylic acid groups (broad SMARTS) is 2. The Hall–Kier alpha value is -15.7. The zero-order valence-electron chi connectivity index (χ0n) is 57.9. The van der Waals surface area contributed by atoms with Gasteiger partial charge in [-0.05, 0) is 143 Å². The predicted octanol–water partition coefficient (Wildman–Crippen LogP) is 20.9. The topological polar surface area (TPSA) is 275 Å². The summed E-state index contributed by atoms with van der Waals surface area (Å²) in [5, 5.41) is 63.9. The zero-order chi connectivity index (χ0) is 75.9. The molecule has 0 aliphatic carbocycles. The molecule has 0 radical (unpaired) electrons. The number of rotatable bonds is 4. The Balaban J connectivity index is 0.000000159. The second kappa shape index (κ2) is 28.5. The van der Waals surface area contributed by atoms with E-state index in [4.69, 9.17) is 75.5 Å². The molecule has 8 aromatic heterocycles. The third kappa shape index (κ3) is 11.8. The maximum Gasteiger partial charge on any atom is 2.00 e. The van der Waals surface area contributed by atoms with Gasteiger partial charge in [-0.15, -0.1) is 12.1 Å². The van der Waals surface area contributed by atoms with Crippen molar-refractivity contribution in [2.24, 2.45) is 0 Å². The van der Waals surface area contributed by atoms with Crippen LogP contribution < -0.4 is 9.47 Å². The molecule has 530 valence electrons. The van der Waals surface area contributed by atoms with Gasteiger partial charge >= 0.3 is 20.4 Å². The minimum atomic E-state index is -0.833. The Morgan fingerprint density at radius 3 is 1.00 bits per heavy atom. The van der Waals surface area contributed by atoms with Crippen molar-refractivity contribution in [1.29, 1.82) is 21.0 Å². The van der Waals surface area contributed by atoms with Crippen LogP contribution in [0.25, 0.3) is 173 Å². The van der Waals surface area contributed by atoms with Crippen molar-refractivity contribution in [2.75, 3.05) is 0 Å². The number of aliphatic carboxylic acids is 2. The molecular formula is C88H42N16O6Pd2. The molecule has 0 unspecified atom stereocenters. The van der Waals surface area contributed by atoms with Gasteiger partial charge in [-0.25, -0.2) is 9.97 Å². The molecule has 112 heavy (non-hydrogen) atoms. The van der Waals surface area contributed by atoms with E-state index in [9.17, 15) is 21.0 Å². The van der Waals surface area contributed by atoms with Gasteiger partial charge in [0.25, 0.3) is 11.9 Å². The second-order valence-electron chi connectivity index (χ2n) is 25.4. The first kappa shape index (κ1) is 71.9. The molecule has 0 saturated carbocycles. The van der Waals surface area contributed by atoms with Crippen molar-refractivity contribution in [2.45, 2.75) is 13.8 Å². The first-order valence-electron chi connectivity index (χ1n) is 33.6. The molecule has 2 N–H and O–H groups in total. The molecule has 0 fully saturated rings. The van der Waals surface area contributed by atoms with Crippen LogP contribution in [0.1, 0.15) is 36.1 Å². The van der Waals surface area contributed by atoms with E-state index in [1.807, 2.05) is 175 Å². The van der Waals surface area contributed by atoms with Crippen LogP contribution in [0.3, 0.4) is 0 Å². The largest absolute Gasteiger partial charge is 2.00 e. The number of hydrogen-bond donors (Lipinski definition) is 2. The van der Waals surface area contributed by atoms with Crippen LogP contribution in [-0.4, -0.2) is 59.7 Å².